The van der Waals surface area contributed by atoms with Crippen LogP contribution in [0.3, 0.4) is 0 Å². The minimum atomic E-state index is 0. The molecule has 64 valence electrons. The zero-order valence-corrected chi connectivity index (χ0v) is 8.39. The minimum Gasteiger partial charge on any atom is -0.245 e. The average Bonchev–Trinajstić information content (AvgIpc) is 2.58. The number of hydrogen-bond donors (Lipinski definition) is 0. The molecule has 0 aliphatic heterocycles. The van der Waals surface area contributed by atoms with Gasteiger partial charge in [-0.15, -0.1) is 11.2 Å². The molecule has 0 N–H and O–H groups in total. The van der Waals surface area contributed by atoms with E-state index in [1.807, 2.05) is 24.3 Å². The largest absolute Gasteiger partial charge is 0.245 e. The van der Waals surface area contributed by atoms with Crippen molar-refractivity contribution in [3.63, 3.8) is 0 Å². The normalized spacial score (nSPS) is 9.00. The average molecular weight is 339 g/mol. The number of para-hydroxylation sites is 1. The minimum absolute atomic E-state index is 0. The van der Waals surface area contributed by atoms with E-state index < -0.39 is 0 Å². The zero-order chi connectivity index (χ0) is 7.52. The van der Waals surface area contributed by atoms with Gasteiger partial charge < -0.3 is 0 Å². The van der Waals surface area contributed by atoms with Gasteiger partial charge in [-0.25, -0.2) is 4.68 Å². The molecule has 1 aromatic heterocycles. The Morgan fingerprint density at radius 3 is 2.83 bits per heavy atom. The van der Waals surface area contributed by atoms with Crippen LogP contribution in [0.5, 0.6) is 0 Å². The first-order valence-electron chi connectivity index (χ1n) is 3.30. The summed E-state index contributed by atoms with van der Waals surface area (Å²) in [7, 11) is 0. The fraction of sp³-hybridized carbons (Fsp3) is 0. The van der Waals surface area contributed by atoms with Crippen molar-refractivity contribution >= 4 is 0 Å². The van der Waals surface area contributed by atoms with Gasteiger partial charge in [-0.2, -0.15) is 24.3 Å². The predicted octanol–water partition coefficient (Wildman–Crippen LogP) is 1.06. The molecule has 0 atom stereocenters. The third-order valence-electron chi connectivity index (χ3n) is 1.36. The summed E-state index contributed by atoms with van der Waals surface area (Å²) in [5, 5.41) is 7.51. The molecule has 0 aliphatic rings. The van der Waals surface area contributed by atoms with Gasteiger partial charge in [-0.3, -0.25) is 0 Å². The summed E-state index contributed by atoms with van der Waals surface area (Å²) in [6.07, 6.45) is 3.42. The number of rotatable bonds is 1. The van der Waals surface area contributed by atoms with Crippen LogP contribution in [0.1, 0.15) is 0 Å². The monoisotopic (exact) mass is 339 g/mol. The van der Waals surface area contributed by atoms with Crippen LogP contribution in [-0.4, -0.2) is 15.0 Å². The summed E-state index contributed by atoms with van der Waals surface area (Å²) in [5.74, 6) is 0. The van der Waals surface area contributed by atoms with Crippen LogP contribution in [-0.2, 0) is 21.1 Å². The Morgan fingerprint density at radius 2 is 2.25 bits per heavy atom. The Hall–Kier alpha value is -0.952. The van der Waals surface area contributed by atoms with Crippen molar-refractivity contribution in [3.8, 4) is 5.69 Å². The van der Waals surface area contributed by atoms with Gasteiger partial charge >= 0.3 is 0 Å². The molecule has 0 unspecified atom stereocenters. The van der Waals surface area contributed by atoms with Crippen LogP contribution >= 0.6 is 0 Å². The third-order valence-corrected chi connectivity index (χ3v) is 1.36. The molecule has 0 bridgehead atoms. The van der Waals surface area contributed by atoms with Gasteiger partial charge in [0.15, 0.2) is 0 Å². The summed E-state index contributed by atoms with van der Waals surface area (Å²) in [6, 6.07) is 10.7. The van der Waals surface area contributed by atoms with E-state index in [0.717, 1.165) is 5.69 Å². The second-order valence-corrected chi connectivity index (χ2v) is 2.10. The Morgan fingerprint density at radius 1 is 1.33 bits per heavy atom. The van der Waals surface area contributed by atoms with Gasteiger partial charge in [0, 0.05) is 27.3 Å². The molecule has 3 nitrogen and oxygen atoms in total. The van der Waals surface area contributed by atoms with Gasteiger partial charge in [-0.1, -0.05) is 5.21 Å². The predicted molar refractivity (Wildman–Crippen MR) is 40.2 cm³/mol. The van der Waals surface area contributed by atoms with Gasteiger partial charge in [0.1, 0.15) is 0 Å². The van der Waals surface area contributed by atoms with E-state index in [1.165, 1.54) is 0 Å². The van der Waals surface area contributed by atoms with Crippen LogP contribution in [0, 0.1) is 6.07 Å². The first kappa shape index (κ1) is 9.14. The molecule has 0 aliphatic carbocycles. The first-order valence-corrected chi connectivity index (χ1v) is 3.30. The van der Waals surface area contributed by atoms with Crippen LogP contribution in [0.4, 0.5) is 0 Å². The molecule has 1 heterocycles. The van der Waals surface area contributed by atoms with Crippen molar-refractivity contribution in [1.29, 1.82) is 0 Å². The van der Waals surface area contributed by atoms with Crippen molar-refractivity contribution in [1.82, 2.24) is 15.0 Å². The summed E-state index contributed by atoms with van der Waals surface area (Å²) in [4.78, 5) is 0. The van der Waals surface area contributed by atoms with Crippen LogP contribution < -0.4 is 0 Å². The molecule has 0 spiro atoms. The van der Waals surface area contributed by atoms with Crippen LogP contribution in [0.15, 0.2) is 36.7 Å². The second-order valence-electron chi connectivity index (χ2n) is 2.10. The molecule has 1 aromatic carbocycles. The molecule has 2 rings (SSSR count). The molecule has 4 heteroatoms. The van der Waals surface area contributed by atoms with Gasteiger partial charge in [0.2, 0.25) is 0 Å². The molecule has 0 amide bonds. The van der Waals surface area contributed by atoms with Crippen molar-refractivity contribution in [2.75, 3.05) is 0 Å². The van der Waals surface area contributed by atoms with Crippen molar-refractivity contribution in [2.45, 2.75) is 0 Å². The van der Waals surface area contributed by atoms with Gasteiger partial charge in [0.25, 0.3) is 0 Å². The van der Waals surface area contributed by atoms with Gasteiger partial charge in [-0.05, 0) is 5.69 Å². The van der Waals surface area contributed by atoms with Crippen molar-refractivity contribution in [3.05, 3.63) is 42.7 Å². The molecule has 2 aromatic rings. The Labute approximate surface area is 84.7 Å². The molecular formula is C8H6N3Pt-. The third kappa shape index (κ3) is 1.80. The van der Waals surface area contributed by atoms with Crippen LogP contribution in [0.25, 0.3) is 5.69 Å². The summed E-state index contributed by atoms with van der Waals surface area (Å²) in [5.41, 5.74) is 0.907. The second kappa shape index (κ2) is 4.17. The molecule has 0 saturated heterocycles. The first-order chi connectivity index (χ1) is 5.47. The fourth-order valence-electron chi connectivity index (χ4n) is 0.863. The summed E-state index contributed by atoms with van der Waals surface area (Å²) in [6.45, 7) is 0. The molecule has 0 radical (unpaired) electrons. The standard InChI is InChI=1S/C8H6N3.Pt/c1-2-4-8(5-3-1)11-7-6-9-10-11;/h1-4,6-7H;/q-1;. The van der Waals surface area contributed by atoms with E-state index >= 15 is 0 Å². The zero-order valence-electron chi connectivity index (χ0n) is 6.12. The maximum absolute atomic E-state index is 3.82. The molecular weight excluding hydrogens is 333 g/mol. The van der Waals surface area contributed by atoms with Crippen molar-refractivity contribution < 1.29 is 21.1 Å². The van der Waals surface area contributed by atoms with E-state index in [-0.39, 0.29) is 21.1 Å². The fourth-order valence-corrected chi connectivity index (χ4v) is 0.863. The van der Waals surface area contributed by atoms with E-state index in [2.05, 4.69) is 16.4 Å². The van der Waals surface area contributed by atoms with E-state index in [1.54, 1.807) is 17.1 Å². The maximum Gasteiger partial charge on any atom is 0.0696 e. The molecule has 0 saturated carbocycles. The molecule has 12 heavy (non-hydrogen) atoms. The number of hydrogen-bond acceptors (Lipinski definition) is 2. The van der Waals surface area contributed by atoms with Crippen molar-refractivity contribution in [2.24, 2.45) is 0 Å². The Bertz CT molecular complexity index is 317. The smallest absolute Gasteiger partial charge is 0.0696 e. The SMILES string of the molecule is [Pt].[c-]1ccccc1-n1ccnn1. The van der Waals surface area contributed by atoms with E-state index in [0.29, 0.717) is 0 Å². The number of aromatic nitrogens is 3. The van der Waals surface area contributed by atoms with E-state index in [9.17, 15) is 0 Å². The Kier molecular flexibility index (Phi) is 3.17. The molecule has 0 fully saturated rings. The van der Waals surface area contributed by atoms with Crippen LogP contribution in [0.2, 0.25) is 0 Å². The quantitative estimate of drug-likeness (QED) is 0.728. The topological polar surface area (TPSA) is 30.7 Å². The van der Waals surface area contributed by atoms with E-state index in [4.69, 9.17) is 0 Å². The number of nitrogens with zero attached hydrogens (tertiary/aromatic N) is 3. The summed E-state index contributed by atoms with van der Waals surface area (Å²) >= 11 is 0. The van der Waals surface area contributed by atoms with Gasteiger partial charge in [0.05, 0.1) is 6.20 Å². The summed E-state index contributed by atoms with van der Waals surface area (Å²) < 4.78 is 1.67. The maximum atomic E-state index is 3.82. The Balaban J connectivity index is 0.000000720. The number of benzene rings is 1.